The predicted octanol–water partition coefficient (Wildman–Crippen LogP) is 9.60. The van der Waals surface area contributed by atoms with E-state index in [1.165, 1.54) is 38.5 Å². The largest absolute Gasteiger partial charge is 0.335 e. The Morgan fingerprint density at radius 1 is 0.604 bits per heavy atom. The molecule has 8 nitrogen and oxygen atoms in total. The summed E-state index contributed by atoms with van der Waals surface area (Å²) < 4.78 is 3.90. The number of fused-ring (bicyclic) bond motifs is 2. The molecule has 0 spiro atoms. The van der Waals surface area contributed by atoms with Gasteiger partial charge >= 0.3 is 0 Å². The van der Waals surface area contributed by atoms with E-state index in [0.717, 1.165) is 61.5 Å². The van der Waals surface area contributed by atoms with Gasteiger partial charge in [-0.3, -0.25) is 19.0 Å². The Morgan fingerprint density at radius 3 is 1.31 bits per heavy atom. The van der Waals surface area contributed by atoms with Crippen LogP contribution in [0, 0.1) is 0 Å². The first kappa shape index (κ1) is 35.7. The molecule has 2 aliphatic heterocycles. The maximum Gasteiger partial charge on any atom is 0.272 e. The van der Waals surface area contributed by atoms with Crippen molar-refractivity contribution in [2.45, 2.75) is 91.1 Å². The summed E-state index contributed by atoms with van der Waals surface area (Å²) in [6.07, 6.45) is 9.30. The number of carbonyl (C=O) groups excluding carboxylic acids is 2. The van der Waals surface area contributed by atoms with Gasteiger partial charge < -0.3 is 9.80 Å². The molecule has 2 aliphatic rings. The number of unbranched alkanes of at least 4 members (excludes halogenated alkanes) is 4. The van der Waals surface area contributed by atoms with Crippen molar-refractivity contribution in [1.82, 2.24) is 29.4 Å². The van der Waals surface area contributed by atoms with Gasteiger partial charge in [-0.25, -0.2) is 0 Å². The fourth-order valence-electron chi connectivity index (χ4n) is 6.57. The van der Waals surface area contributed by atoms with E-state index in [0.29, 0.717) is 21.4 Å². The molecule has 2 aromatic heterocycles. The van der Waals surface area contributed by atoms with Crippen molar-refractivity contribution < 1.29 is 9.59 Å². The van der Waals surface area contributed by atoms with E-state index in [-0.39, 0.29) is 23.9 Å². The van der Waals surface area contributed by atoms with Crippen molar-refractivity contribution in [3.63, 3.8) is 0 Å². The third-order valence-corrected chi connectivity index (χ3v) is 9.87. The normalized spacial score (nSPS) is 17.2. The van der Waals surface area contributed by atoms with Crippen molar-refractivity contribution in [2.75, 3.05) is 26.2 Å². The molecule has 0 fully saturated rings. The van der Waals surface area contributed by atoms with Gasteiger partial charge in [-0.05, 0) is 63.1 Å². The topological polar surface area (TPSA) is 76.3 Å². The number of aromatic nitrogens is 4. The molecular weight excluding hydrogens is 643 g/mol. The number of hydrogen-bond acceptors (Lipinski definition) is 4. The van der Waals surface area contributed by atoms with E-state index in [9.17, 15) is 9.59 Å². The van der Waals surface area contributed by atoms with E-state index in [4.69, 9.17) is 33.4 Å². The highest BCUT2D eigenvalue weighted by molar-refractivity contribution is 6.30. The molecule has 2 aromatic carbocycles. The number of rotatable bonds is 12. The van der Waals surface area contributed by atoms with Gasteiger partial charge in [-0.15, -0.1) is 0 Å². The fourth-order valence-corrected chi connectivity index (χ4v) is 6.83. The molecule has 2 unspecified atom stereocenters. The molecule has 48 heavy (non-hydrogen) atoms. The van der Waals surface area contributed by atoms with E-state index < -0.39 is 0 Å². The maximum atomic E-state index is 12.7. The zero-order chi connectivity index (χ0) is 34.2. The second-order valence-electron chi connectivity index (χ2n) is 12.7. The van der Waals surface area contributed by atoms with Gasteiger partial charge in [0.1, 0.15) is 11.4 Å². The maximum absolute atomic E-state index is 12.7. The van der Waals surface area contributed by atoms with Crippen LogP contribution in [0.1, 0.15) is 112 Å². The van der Waals surface area contributed by atoms with Gasteiger partial charge in [0.05, 0.1) is 23.5 Å². The van der Waals surface area contributed by atoms with Crippen LogP contribution in [0.2, 0.25) is 10.0 Å². The Labute approximate surface area is 295 Å². The van der Waals surface area contributed by atoms with Crippen LogP contribution in [0.3, 0.4) is 0 Å². The Bertz CT molecular complexity index is 1540. The Kier molecular flexibility index (Phi) is 12.4. The minimum absolute atomic E-state index is 0.0805. The van der Waals surface area contributed by atoms with Crippen LogP contribution in [-0.2, 0) is 0 Å². The lowest BCUT2D eigenvalue weighted by Crippen LogP contribution is -2.43. The van der Waals surface area contributed by atoms with E-state index >= 15 is 0 Å². The van der Waals surface area contributed by atoms with Gasteiger partial charge in [0.2, 0.25) is 0 Å². The Hall–Kier alpha value is -3.62. The summed E-state index contributed by atoms with van der Waals surface area (Å²) in [6.45, 7) is 11.5. The zero-order valence-corrected chi connectivity index (χ0v) is 30.2. The van der Waals surface area contributed by atoms with Gasteiger partial charge in [0, 0.05) is 47.4 Å². The van der Waals surface area contributed by atoms with Crippen molar-refractivity contribution in [2.24, 2.45) is 0 Å². The van der Waals surface area contributed by atoms with Gasteiger partial charge in [0.15, 0.2) is 0 Å². The molecular formula is C38H48Cl2N6O2. The quantitative estimate of drug-likeness (QED) is 0.139. The first-order valence-corrected chi connectivity index (χ1v) is 18.3. The van der Waals surface area contributed by atoms with Crippen LogP contribution >= 0.6 is 23.2 Å². The third kappa shape index (κ3) is 8.15. The van der Waals surface area contributed by atoms with Gasteiger partial charge in [-0.2, -0.15) is 10.2 Å². The molecule has 0 bridgehead atoms. The average Bonchev–Trinajstić information content (AvgIpc) is 3.75. The molecule has 6 rings (SSSR count). The minimum Gasteiger partial charge on any atom is -0.335 e. The summed E-state index contributed by atoms with van der Waals surface area (Å²) in [5.41, 5.74) is 5.07. The second kappa shape index (κ2) is 16.7. The van der Waals surface area contributed by atoms with Crippen LogP contribution in [0.5, 0.6) is 0 Å². The molecule has 4 aromatic rings. The molecule has 256 valence electrons. The number of nitrogens with zero attached hydrogens (tertiary/aromatic N) is 6. The molecule has 4 heterocycles. The predicted molar refractivity (Wildman–Crippen MR) is 195 cm³/mol. The number of hydrogen-bond donors (Lipinski definition) is 0. The highest BCUT2D eigenvalue weighted by Crippen LogP contribution is 2.31. The Morgan fingerprint density at radius 2 is 0.979 bits per heavy atom. The standard InChI is InChI=1S/2C19H24ClN3O/c2*1-3-5-6-7-16-13-22(4-2)19(24)18-12-17(21-23(16)18)14-8-10-15(20)11-9-14/h2*8-12,16H,3-7,13H2,1-2H3. The van der Waals surface area contributed by atoms with Crippen LogP contribution in [0.15, 0.2) is 60.7 Å². The van der Waals surface area contributed by atoms with Crippen LogP contribution < -0.4 is 0 Å². The first-order chi connectivity index (χ1) is 23.3. The van der Waals surface area contributed by atoms with Crippen molar-refractivity contribution >= 4 is 35.0 Å². The third-order valence-electron chi connectivity index (χ3n) is 9.36. The summed E-state index contributed by atoms with van der Waals surface area (Å²) in [6, 6.07) is 19.6. The van der Waals surface area contributed by atoms with Crippen molar-refractivity contribution in [3.05, 3.63) is 82.1 Å². The number of halogens is 2. The number of amides is 2. The fraction of sp³-hybridized carbons (Fsp3) is 0.474. The summed E-state index contributed by atoms with van der Waals surface area (Å²) in [5.74, 6) is 0.161. The van der Waals surface area contributed by atoms with E-state index in [2.05, 4.69) is 13.8 Å². The molecule has 2 atom stereocenters. The van der Waals surface area contributed by atoms with Gasteiger partial charge in [0.25, 0.3) is 11.8 Å². The number of carbonyl (C=O) groups is 2. The highest BCUT2D eigenvalue weighted by Gasteiger charge is 2.33. The first-order valence-electron chi connectivity index (χ1n) is 17.6. The highest BCUT2D eigenvalue weighted by atomic mass is 35.5. The number of likely N-dealkylation sites (N-methyl/N-ethyl adjacent to an activating group) is 2. The van der Waals surface area contributed by atoms with E-state index in [1.807, 2.05) is 93.7 Å². The monoisotopic (exact) mass is 690 g/mol. The van der Waals surface area contributed by atoms with Crippen LogP contribution in [0.4, 0.5) is 0 Å². The molecule has 0 N–H and O–H groups in total. The molecule has 10 heteroatoms. The average molecular weight is 692 g/mol. The Balaban J connectivity index is 0.000000188. The SMILES string of the molecule is CCCCCC1CN(CC)C(=O)c2cc(-c3ccc(Cl)cc3)nn21.CCCCCC1CN(CC)C(=O)c2cc(-c3ccc(Cl)cc3)nn21. The summed E-state index contributed by atoms with van der Waals surface area (Å²) in [5, 5.41) is 10.9. The van der Waals surface area contributed by atoms with Crippen LogP contribution in [-0.4, -0.2) is 67.4 Å². The zero-order valence-electron chi connectivity index (χ0n) is 28.7. The summed E-state index contributed by atoms with van der Waals surface area (Å²) >= 11 is 11.9. The van der Waals surface area contributed by atoms with Crippen LogP contribution in [0.25, 0.3) is 22.5 Å². The lowest BCUT2D eigenvalue weighted by atomic mass is 10.1. The van der Waals surface area contributed by atoms with Crippen molar-refractivity contribution in [1.29, 1.82) is 0 Å². The number of benzene rings is 2. The molecule has 2 amide bonds. The van der Waals surface area contributed by atoms with Gasteiger partial charge in [-0.1, -0.05) is 99.8 Å². The molecule has 0 radical (unpaired) electrons. The smallest absolute Gasteiger partial charge is 0.272 e. The van der Waals surface area contributed by atoms with E-state index in [1.54, 1.807) is 0 Å². The minimum atomic E-state index is 0.0805. The van der Waals surface area contributed by atoms with Crippen molar-refractivity contribution in [3.8, 4) is 22.5 Å². The summed E-state index contributed by atoms with van der Waals surface area (Å²) in [4.78, 5) is 29.2. The summed E-state index contributed by atoms with van der Waals surface area (Å²) in [7, 11) is 0. The lowest BCUT2D eigenvalue weighted by Gasteiger charge is -2.32. The molecule has 0 saturated heterocycles. The second-order valence-corrected chi connectivity index (χ2v) is 13.6. The molecule has 0 saturated carbocycles. The molecule has 0 aliphatic carbocycles. The lowest BCUT2D eigenvalue weighted by molar-refractivity contribution is 0.0655.